The third-order valence-corrected chi connectivity index (χ3v) is 2.41. The van der Waals surface area contributed by atoms with Crippen LogP contribution >= 0.6 is 0 Å². The Morgan fingerprint density at radius 3 is 2.08 bits per heavy atom. The molecule has 0 radical (unpaired) electrons. The fourth-order valence-corrected chi connectivity index (χ4v) is 0.684. The zero-order valence-electron chi connectivity index (χ0n) is 8.45. The predicted octanol–water partition coefficient (Wildman–Crippen LogP) is 1.49. The van der Waals surface area contributed by atoms with E-state index < -0.39 is 5.60 Å². The third kappa shape index (κ3) is 3.50. The lowest BCUT2D eigenvalue weighted by Gasteiger charge is -2.38. The number of alkyl halides is 1. The van der Waals surface area contributed by atoms with Gasteiger partial charge < -0.3 is 10.4 Å². The number of halogens is 1. The van der Waals surface area contributed by atoms with Crippen LogP contribution in [-0.2, 0) is 0 Å². The van der Waals surface area contributed by atoms with E-state index >= 15 is 0 Å². The highest BCUT2D eigenvalue weighted by Gasteiger charge is 2.33. The molecule has 0 atom stereocenters. The molecule has 0 aromatic heterocycles. The van der Waals surface area contributed by atoms with Gasteiger partial charge in [-0.05, 0) is 40.7 Å². The van der Waals surface area contributed by atoms with Gasteiger partial charge in [-0.15, -0.1) is 0 Å². The Morgan fingerprint density at radius 1 is 1.25 bits per heavy atom. The van der Waals surface area contributed by atoms with Crippen molar-refractivity contribution in [2.24, 2.45) is 0 Å². The molecule has 0 aliphatic heterocycles. The Hall–Kier alpha value is -0.150. The van der Waals surface area contributed by atoms with Gasteiger partial charge in [0, 0.05) is 5.54 Å². The summed E-state index contributed by atoms with van der Waals surface area (Å²) in [6.45, 7) is 7.60. The molecule has 0 unspecified atom stereocenters. The van der Waals surface area contributed by atoms with Crippen molar-refractivity contribution in [2.45, 2.75) is 45.3 Å². The monoisotopic (exact) mass is 177 g/mol. The van der Waals surface area contributed by atoms with Gasteiger partial charge in [0.15, 0.2) is 0 Å². The Kier molecular flexibility index (Phi) is 4.14. The molecule has 0 spiro atoms. The number of rotatable bonds is 5. The normalized spacial score (nSPS) is 13.5. The van der Waals surface area contributed by atoms with Gasteiger partial charge in [-0.2, -0.15) is 0 Å². The van der Waals surface area contributed by atoms with Crippen LogP contribution < -0.4 is 5.32 Å². The summed E-state index contributed by atoms with van der Waals surface area (Å²) in [5.74, 6) is 0. The first kappa shape index (κ1) is 11.8. The maximum atomic E-state index is 11.8. The maximum Gasteiger partial charge on any atom is 0.0906 e. The first-order chi connectivity index (χ1) is 5.31. The SMILES string of the molecule is CC(C)(O)C(C)(C)NCCCF. The Labute approximate surface area is 74.2 Å². The van der Waals surface area contributed by atoms with Crippen molar-refractivity contribution in [3.63, 3.8) is 0 Å². The predicted molar refractivity (Wildman–Crippen MR) is 49.0 cm³/mol. The van der Waals surface area contributed by atoms with Crippen molar-refractivity contribution in [2.75, 3.05) is 13.2 Å². The lowest BCUT2D eigenvalue weighted by Crippen LogP contribution is -2.56. The summed E-state index contributed by atoms with van der Waals surface area (Å²) in [6.07, 6.45) is 0.500. The quantitative estimate of drug-likeness (QED) is 0.623. The third-order valence-electron chi connectivity index (χ3n) is 2.41. The molecule has 0 aliphatic rings. The summed E-state index contributed by atoms with van der Waals surface area (Å²) in [5.41, 5.74) is -1.16. The molecule has 0 bridgehead atoms. The highest BCUT2D eigenvalue weighted by atomic mass is 19.1. The molecule has 0 rings (SSSR count). The first-order valence-corrected chi connectivity index (χ1v) is 4.34. The van der Waals surface area contributed by atoms with Crippen molar-refractivity contribution >= 4 is 0 Å². The highest BCUT2D eigenvalue weighted by Crippen LogP contribution is 2.19. The van der Waals surface area contributed by atoms with Gasteiger partial charge in [-0.3, -0.25) is 4.39 Å². The van der Waals surface area contributed by atoms with Crippen LogP contribution in [0.3, 0.4) is 0 Å². The molecule has 0 aliphatic carbocycles. The van der Waals surface area contributed by atoms with E-state index in [0.717, 1.165) is 0 Å². The fourth-order valence-electron chi connectivity index (χ4n) is 0.684. The Bertz CT molecular complexity index is 129. The Morgan fingerprint density at radius 2 is 1.75 bits per heavy atom. The van der Waals surface area contributed by atoms with E-state index in [0.29, 0.717) is 13.0 Å². The summed E-state index contributed by atoms with van der Waals surface area (Å²) >= 11 is 0. The molecule has 12 heavy (non-hydrogen) atoms. The first-order valence-electron chi connectivity index (χ1n) is 4.34. The molecule has 2 N–H and O–H groups in total. The summed E-state index contributed by atoms with van der Waals surface area (Å²) in [4.78, 5) is 0. The van der Waals surface area contributed by atoms with E-state index in [-0.39, 0.29) is 12.2 Å². The molecule has 0 heterocycles. The summed E-state index contributed by atoms with van der Waals surface area (Å²) < 4.78 is 11.8. The van der Waals surface area contributed by atoms with Gasteiger partial charge >= 0.3 is 0 Å². The average Bonchev–Trinajstić information content (AvgIpc) is 1.85. The minimum absolute atomic E-state index is 0.311. The van der Waals surface area contributed by atoms with Crippen molar-refractivity contribution in [1.82, 2.24) is 5.32 Å². The smallest absolute Gasteiger partial charge is 0.0906 e. The van der Waals surface area contributed by atoms with Gasteiger partial charge in [0.25, 0.3) is 0 Å². The Balaban J connectivity index is 3.88. The van der Waals surface area contributed by atoms with Crippen LogP contribution in [0.5, 0.6) is 0 Å². The van der Waals surface area contributed by atoms with Gasteiger partial charge in [0.1, 0.15) is 0 Å². The summed E-state index contributed by atoms with van der Waals surface area (Å²) in [5, 5.41) is 12.8. The molecule has 0 saturated heterocycles. The summed E-state index contributed by atoms with van der Waals surface area (Å²) in [7, 11) is 0. The van der Waals surface area contributed by atoms with Gasteiger partial charge in [-0.1, -0.05) is 0 Å². The number of hydrogen-bond donors (Lipinski definition) is 2. The van der Waals surface area contributed by atoms with Gasteiger partial charge in [0.2, 0.25) is 0 Å². The largest absolute Gasteiger partial charge is 0.389 e. The highest BCUT2D eigenvalue weighted by molar-refractivity contribution is 4.93. The molecule has 74 valence electrons. The van der Waals surface area contributed by atoms with Crippen molar-refractivity contribution in [3.05, 3.63) is 0 Å². The number of nitrogens with one attached hydrogen (secondary N) is 1. The van der Waals surface area contributed by atoms with E-state index in [2.05, 4.69) is 5.32 Å². The van der Waals surface area contributed by atoms with Crippen LogP contribution in [0, 0.1) is 0 Å². The van der Waals surface area contributed by atoms with Crippen molar-refractivity contribution in [3.8, 4) is 0 Å². The van der Waals surface area contributed by atoms with Crippen molar-refractivity contribution in [1.29, 1.82) is 0 Å². The minimum atomic E-state index is -0.788. The lowest BCUT2D eigenvalue weighted by molar-refractivity contribution is -0.00452. The zero-order chi connectivity index (χ0) is 9.83. The maximum absolute atomic E-state index is 11.8. The standard InChI is InChI=1S/C9H20FNO/c1-8(2,9(3,4)12)11-7-5-6-10/h11-12H,5-7H2,1-4H3. The van der Waals surface area contributed by atoms with Crippen LogP contribution in [0.25, 0.3) is 0 Å². The molecule has 0 saturated carbocycles. The molecular formula is C9H20FNO. The fraction of sp³-hybridized carbons (Fsp3) is 1.00. The van der Waals surface area contributed by atoms with Crippen LogP contribution in [0.15, 0.2) is 0 Å². The number of hydrogen-bond acceptors (Lipinski definition) is 2. The lowest BCUT2D eigenvalue weighted by atomic mass is 9.86. The van der Waals surface area contributed by atoms with E-state index in [1.807, 2.05) is 13.8 Å². The summed E-state index contributed by atoms with van der Waals surface area (Å²) in [6, 6.07) is 0. The van der Waals surface area contributed by atoms with Crippen LogP contribution in [0.1, 0.15) is 34.1 Å². The van der Waals surface area contributed by atoms with Crippen LogP contribution in [-0.4, -0.2) is 29.5 Å². The molecular weight excluding hydrogens is 157 g/mol. The van der Waals surface area contributed by atoms with E-state index in [4.69, 9.17) is 0 Å². The van der Waals surface area contributed by atoms with E-state index in [1.54, 1.807) is 13.8 Å². The molecule has 0 aromatic carbocycles. The van der Waals surface area contributed by atoms with Crippen LogP contribution in [0.4, 0.5) is 4.39 Å². The van der Waals surface area contributed by atoms with Crippen LogP contribution in [0.2, 0.25) is 0 Å². The second-order valence-electron chi connectivity index (χ2n) is 4.15. The van der Waals surface area contributed by atoms with Gasteiger partial charge in [0.05, 0.1) is 12.3 Å². The second-order valence-corrected chi connectivity index (χ2v) is 4.15. The second kappa shape index (κ2) is 4.19. The van der Waals surface area contributed by atoms with Crippen molar-refractivity contribution < 1.29 is 9.50 Å². The molecule has 3 heteroatoms. The molecule has 0 aromatic rings. The topological polar surface area (TPSA) is 32.3 Å². The zero-order valence-corrected chi connectivity index (χ0v) is 8.45. The van der Waals surface area contributed by atoms with E-state index in [9.17, 15) is 9.50 Å². The molecule has 0 amide bonds. The minimum Gasteiger partial charge on any atom is -0.389 e. The molecule has 0 fully saturated rings. The molecule has 2 nitrogen and oxygen atoms in total. The van der Waals surface area contributed by atoms with E-state index in [1.165, 1.54) is 0 Å². The average molecular weight is 177 g/mol. The van der Waals surface area contributed by atoms with Gasteiger partial charge in [-0.25, -0.2) is 0 Å². The number of aliphatic hydroxyl groups is 1.